The number of thiophene rings is 1. The van der Waals surface area contributed by atoms with Crippen LogP contribution in [0, 0.1) is 0 Å². The van der Waals surface area contributed by atoms with Gasteiger partial charge in [0.25, 0.3) is 5.56 Å². The molecule has 4 aromatic rings. The molecule has 36 heavy (non-hydrogen) atoms. The summed E-state index contributed by atoms with van der Waals surface area (Å²) in [5.41, 5.74) is 2.47. The fraction of sp³-hybridized carbons (Fsp3) is 0.296. The van der Waals surface area contributed by atoms with E-state index in [1.54, 1.807) is 14.2 Å². The predicted octanol–water partition coefficient (Wildman–Crippen LogP) is 4.29. The van der Waals surface area contributed by atoms with Crippen molar-refractivity contribution < 1.29 is 19.0 Å². The summed E-state index contributed by atoms with van der Waals surface area (Å²) in [4.78, 5) is 30.9. The highest BCUT2D eigenvalue weighted by Gasteiger charge is 2.15. The number of carbonyl (C=O) groups is 1. The van der Waals surface area contributed by atoms with E-state index in [1.807, 2.05) is 47.8 Å². The van der Waals surface area contributed by atoms with Crippen molar-refractivity contribution in [3.05, 3.63) is 70.1 Å². The maximum absolute atomic E-state index is 13.3. The van der Waals surface area contributed by atoms with E-state index in [4.69, 9.17) is 14.2 Å². The number of fused-ring (bicyclic) bond motifs is 1. The maximum Gasteiger partial charge on any atom is 0.263 e. The Morgan fingerprint density at radius 2 is 1.86 bits per heavy atom. The number of benzene rings is 2. The number of aromatic nitrogens is 2. The molecule has 9 heteroatoms. The van der Waals surface area contributed by atoms with Crippen molar-refractivity contribution in [2.24, 2.45) is 0 Å². The fourth-order valence-corrected chi connectivity index (χ4v) is 4.74. The van der Waals surface area contributed by atoms with Gasteiger partial charge in [-0.05, 0) is 48.2 Å². The molecule has 0 radical (unpaired) electrons. The van der Waals surface area contributed by atoms with Gasteiger partial charge in [0.1, 0.15) is 17.1 Å². The van der Waals surface area contributed by atoms with E-state index in [9.17, 15) is 9.59 Å². The summed E-state index contributed by atoms with van der Waals surface area (Å²) in [5.74, 6) is 1.83. The van der Waals surface area contributed by atoms with Crippen LogP contribution in [0.1, 0.15) is 18.9 Å². The zero-order valence-corrected chi connectivity index (χ0v) is 21.4. The lowest BCUT2D eigenvalue weighted by molar-refractivity contribution is -0.121. The number of amides is 1. The summed E-state index contributed by atoms with van der Waals surface area (Å²) in [5, 5.41) is 5.32. The molecule has 2 aromatic heterocycles. The van der Waals surface area contributed by atoms with Crippen molar-refractivity contribution in [3.63, 3.8) is 0 Å². The van der Waals surface area contributed by atoms with Crippen molar-refractivity contribution in [2.45, 2.75) is 26.3 Å². The second kappa shape index (κ2) is 11.7. The molecule has 4 rings (SSSR count). The topological polar surface area (TPSA) is 91.7 Å². The molecule has 0 fully saturated rings. The van der Waals surface area contributed by atoms with Gasteiger partial charge >= 0.3 is 0 Å². The molecule has 0 spiro atoms. The molecular weight excluding hydrogens is 478 g/mol. The van der Waals surface area contributed by atoms with Crippen molar-refractivity contribution in [1.29, 1.82) is 0 Å². The normalized spacial score (nSPS) is 10.9. The highest BCUT2D eigenvalue weighted by atomic mass is 32.1. The van der Waals surface area contributed by atoms with Crippen LogP contribution in [-0.4, -0.2) is 42.8 Å². The molecule has 1 amide bonds. The van der Waals surface area contributed by atoms with E-state index < -0.39 is 0 Å². The molecular formula is C27H29N3O5S. The second-order valence-corrected chi connectivity index (χ2v) is 9.03. The lowest BCUT2D eigenvalue weighted by Gasteiger charge is -2.10. The Morgan fingerprint density at radius 1 is 1.08 bits per heavy atom. The molecule has 0 atom stereocenters. The number of hydrogen-bond donors (Lipinski definition) is 1. The monoisotopic (exact) mass is 507 g/mol. The van der Waals surface area contributed by atoms with Crippen LogP contribution in [-0.2, 0) is 17.8 Å². The van der Waals surface area contributed by atoms with Gasteiger partial charge in [-0.25, -0.2) is 4.98 Å². The summed E-state index contributed by atoms with van der Waals surface area (Å²) in [7, 11) is 3.17. The predicted molar refractivity (Wildman–Crippen MR) is 141 cm³/mol. The average Bonchev–Trinajstić information content (AvgIpc) is 3.34. The molecule has 0 saturated heterocycles. The fourth-order valence-electron chi connectivity index (χ4n) is 3.84. The standard InChI is InChI=1S/C27H29N3O5S/c1-4-13-35-20-8-6-19(7-9-20)21-16-36-26-25(21)27(32)30(17-29-26)15-24(31)28-12-11-18-5-10-22(33-2)23(14-18)34-3/h5-10,14,16-17H,4,11-13,15H2,1-3H3,(H,28,31). The van der Waals surface area contributed by atoms with Crippen LogP contribution in [0.25, 0.3) is 21.3 Å². The van der Waals surface area contributed by atoms with Crippen molar-refractivity contribution in [3.8, 4) is 28.4 Å². The van der Waals surface area contributed by atoms with E-state index >= 15 is 0 Å². The number of nitrogens with zero attached hydrogens (tertiary/aromatic N) is 2. The van der Waals surface area contributed by atoms with Crippen LogP contribution in [0.5, 0.6) is 17.2 Å². The van der Waals surface area contributed by atoms with Crippen molar-refractivity contribution in [2.75, 3.05) is 27.4 Å². The number of carbonyl (C=O) groups excluding carboxylic acids is 1. The van der Waals surface area contributed by atoms with E-state index in [0.717, 1.165) is 28.9 Å². The van der Waals surface area contributed by atoms with E-state index in [0.29, 0.717) is 41.3 Å². The number of rotatable bonds is 11. The zero-order chi connectivity index (χ0) is 25.5. The van der Waals surface area contributed by atoms with Gasteiger partial charge < -0.3 is 19.5 Å². The van der Waals surface area contributed by atoms with Gasteiger partial charge in [-0.15, -0.1) is 11.3 Å². The van der Waals surface area contributed by atoms with Crippen LogP contribution < -0.4 is 25.1 Å². The highest BCUT2D eigenvalue weighted by Crippen LogP contribution is 2.31. The summed E-state index contributed by atoms with van der Waals surface area (Å²) >= 11 is 1.41. The Labute approximate surface area is 213 Å². The van der Waals surface area contributed by atoms with E-state index in [2.05, 4.69) is 17.2 Å². The molecule has 0 saturated carbocycles. The first-order valence-electron chi connectivity index (χ1n) is 11.7. The van der Waals surface area contributed by atoms with Crippen LogP contribution in [0.15, 0.2) is 59.0 Å². The third kappa shape index (κ3) is 5.68. The molecule has 2 aromatic carbocycles. The lowest BCUT2D eigenvalue weighted by atomic mass is 10.1. The van der Waals surface area contributed by atoms with Crippen molar-refractivity contribution >= 4 is 27.5 Å². The quantitative estimate of drug-likeness (QED) is 0.326. The minimum Gasteiger partial charge on any atom is -0.494 e. The van der Waals surface area contributed by atoms with Gasteiger partial charge in [-0.2, -0.15) is 0 Å². The Bertz CT molecular complexity index is 1400. The largest absolute Gasteiger partial charge is 0.494 e. The molecule has 2 heterocycles. The maximum atomic E-state index is 13.3. The van der Waals surface area contributed by atoms with Gasteiger partial charge in [-0.1, -0.05) is 25.1 Å². The van der Waals surface area contributed by atoms with Gasteiger partial charge in [0.15, 0.2) is 11.5 Å². The van der Waals surface area contributed by atoms with Crippen LogP contribution in [0.2, 0.25) is 0 Å². The first-order valence-corrected chi connectivity index (χ1v) is 12.6. The molecule has 0 unspecified atom stereocenters. The molecule has 0 aliphatic carbocycles. The molecule has 0 aliphatic rings. The summed E-state index contributed by atoms with van der Waals surface area (Å²) in [6, 6.07) is 13.3. The van der Waals surface area contributed by atoms with Crippen LogP contribution in [0.3, 0.4) is 0 Å². The second-order valence-electron chi connectivity index (χ2n) is 8.17. The van der Waals surface area contributed by atoms with Crippen molar-refractivity contribution in [1.82, 2.24) is 14.9 Å². The molecule has 1 N–H and O–H groups in total. The number of hydrogen-bond acceptors (Lipinski definition) is 7. The average molecular weight is 508 g/mol. The molecule has 0 aliphatic heterocycles. The Morgan fingerprint density at radius 3 is 2.58 bits per heavy atom. The number of ether oxygens (including phenoxy) is 3. The lowest BCUT2D eigenvalue weighted by Crippen LogP contribution is -2.33. The first-order chi connectivity index (χ1) is 17.5. The highest BCUT2D eigenvalue weighted by molar-refractivity contribution is 7.17. The van der Waals surface area contributed by atoms with Gasteiger partial charge in [0.2, 0.25) is 5.91 Å². The SMILES string of the molecule is CCCOc1ccc(-c2csc3ncn(CC(=O)NCCc4ccc(OC)c(OC)c4)c(=O)c23)cc1. The number of methoxy groups -OCH3 is 2. The van der Waals surface area contributed by atoms with Gasteiger partial charge in [0, 0.05) is 17.5 Å². The first kappa shape index (κ1) is 25.2. The Kier molecular flexibility index (Phi) is 8.22. The third-order valence-corrected chi connectivity index (χ3v) is 6.58. The minimum atomic E-state index is -0.257. The van der Waals surface area contributed by atoms with Gasteiger partial charge in [0.05, 0.1) is 32.5 Å². The minimum absolute atomic E-state index is 0.104. The molecule has 188 valence electrons. The Balaban J connectivity index is 1.43. The molecule has 8 nitrogen and oxygen atoms in total. The van der Waals surface area contributed by atoms with E-state index in [1.165, 1.54) is 22.2 Å². The zero-order valence-electron chi connectivity index (χ0n) is 20.6. The summed E-state index contributed by atoms with van der Waals surface area (Å²) < 4.78 is 17.6. The molecule has 0 bridgehead atoms. The summed E-state index contributed by atoms with van der Waals surface area (Å²) in [6.07, 6.45) is 2.98. The van der Waals surface area contributed by atoms with Crippen LogP contribution in [0.4, 0.5) is 0 Å². The summed E-state index contributed by atoms with van der Waals surface area (Å²) in [6.45, 7) is 3.04. The smallest absolute Gasteiger partial charge is 0.263 e. The van der Waals surface area contributed by atoms with Crippen LogP contribution >= 0.6 is 11.3 Å². The van der Waals surface area contributed by atoms with E-state index in [-0.39, 0.29) is 18.0 Å². The van der Waals surface area contributed by atoms with Gasteiger partial charge in [-0.3, -0.25) is 14.2 Å². The third-order valence-electron chi connectivity index (χ3n) is 5.70. The number of nitrogens with one attached hydrogen (secondary N) is 1. The Hall–Kier alpha value is -3.85.